The van der Waals surface area contributed by atoms with Crippen molar-refractivity contribution in [2.75, 3.05) is 0 Å². The van der Waals surface area contributed by atoms with Crippen molar-refractivity contribution in [1.29, 1.82) is 0 Å². The molecule has 0 atom stereocenters. The normalized spacial score (nSPS) is 12.2. The van der Waals surface area contributed by atoms with Crippen molar-refractivity contribution in [3.8, 4) is 34.1 Å². The molecule has 3 heterocycles. The maximum absolute atomic E-state index is 6.83. The van der Waals surface area contributed by atoms with Crippen LogP contribution in [0.2, 0.25) is 0 Å². The van der Waals surface area contributed by atoms with Gasteiger partial charge in [-0.2, -0.15) is 5.10 Å². The fraction of sp³-hybridized carbons (Fsp3) is 0.304. The molecular weight excluding hydrogens is 625 g/mol. The summed E-state index contributed by atoms with van der Waals surface area (Å²) in [4.78, 5) is 4.84. The Morgan fingerprint density at radius 3 is 2.06 bits per heavy atom. The number of aromatic nitrogens is 4. The summed E-state index contributed by atoms with van der Waals surface area (Å²) in [5.74, 6) is 3.11. The summed E-state index contributed by atoms with van der Waals surface area (Å²) < 4.78 is 11.3. The van der Waals surface area contributed by atoms with Gasteiger partial charge < -0.3 is 4.74 Å². The van der Waals surface area contributed by atoms with Crippen LogP contribution in [0.15, 0.2) is 91.1 Å². The van der Waals surface area contributed by atoms with Crippen LogP contribution in [0.25, 0.3) is 44.4 Å². The van der Waals surface area contributed by atoms with Gasteiger partial charge in [0, 0.05) is 34.7 Å². The molecule has 5 nitrogen and oxygen atoms in total. The van der Waals surface area contributed by atoms with Crippen LogP contribution in [0.4, 0.5) is 0 Å². The zero-order chi connectivity index (χ0) is 36.4. The van der Waals surface area contributed by atoms with Gasteiger partial charge in [-0.1, -0.05) is 84.4 Å². The standard InChI is InChI=1S/C46H50N4O/c1-27(2)33-18-19-47-42(22-33)49-40-15-13-12-14-38(40)39-17-16-36(26-41(39)49)51-37-24-34(46(9,10)11)23-35(25-37)50-45(28(3)4)44(32(8)48-50)43-30(6)20-29(5)21-31(43)7/h12-28H,1-11H3. The third-order valence-electron chi connectivity index (χ3n) is 10.1. The molecule has 260 valence electrons. The van der Waals surface area contributed by atoms with E-state index in [4.69, 9.17) is 14.8 Å². The lowest BCUT2D eigenvalue weighted by Crippen LogP contribution is -2.13. The number of fused-ring (bicyclic) bond motifs is 3. The molecule has 0 saturated heterocycles. The van der Waals surface area contributed by atoms with Crippen molar-refractivity contribution in [2.45, 2.75) is 93.4 Å². The van der Waals surface area contributed by atoms with Crippen molar-refractivity contribution in [2.24, 2.45) is 0 Å². The van der Waals surface area contributed by atoms with E-state index in [0.717, 1.165) is 39.7 Å². The number of ether oxygens (including phenoxy) is 1. The van der Waals surface area contributed by atoms with Crippen LogP contribution < -0.4 is 4.74 Å². The lowest BCUT2D eigenvalue weighted by molar-refractivity contribution is 0.478. The van der Waals surface area contributed by atoms with Gasteiger partial charge in [0.05, 0.1) is 28.1 Å². The van der Waals surface area contributed by atoms with Crippen LogP contribution in [0.3, 0.4) is 0 Å². The highest BCUT2D eigenvalue weighted by Gasteiger charge is 2.25. The van der Waals surface area contributed by atoms with E-state index in [0.29, 0.717) is 5.92 Å². The summed E-state index contributed by atoms with van der Waals surface area (Å²) >= 11 is 0. The Labute approximate surface area is 302 Å². The molecule has 0 radical (unpaired) electrons. The van der Waals surface area contributed by atoms with Gasteiger partial charge in [0.15, 0.2) is 0 Å². The van der Waals surface area contributed by atoms with Gasteiger partial charge in [0.1, 0.15) is 17.3 Å². The molecule has 0 fully saturated rings. The fourth-order valence-electron chi connectivity index (χ4n) is 7.67. The smallest absolute Gasteiger partial charge is 0.137 e. The topological polar surface area (TPSA) is 44.9 Å². The van der Waals surface area contributed by atoms with Crippen molar-refractivity contribution in [3.63, 3.8) is 0 Å². The molecule has 7 aromatic rings. The summed E-state index contributed by atoms with van der Waals surface area (Å²) in [5.41, 5.74) is 14.1. The quantitative estimate of drug-likeness (QED) is 0.169. The van der Waals surface area contributed by atoms with E-state index in [1.165, 1.54) is 55.4 Å². The van der Waals surface area contributed by atoms with E-state index in [2.05, 4.69) is 170 Å². The molecule has 0 aliphatic rings. The number of para-hydroxylation sites is 1. The third-order valence-corrected chi connectivity index (χ3v) is 10.1. The Morgan fingerprint density at radius 2 is 1.37 bits per heavy atom. The Bertz CT molecular complexity index is 2410. The molecule has 0 amide bonds. The zero-order valence-corrected chi connectivity index (χ0v) is 32.0. The molecule has 51 heavy (non-hydrogen) atoms. The van der Waals surface area contributed by atoms with Gasteiger partial charge in [-0.05, 0) is 115 Å². The van der Waals surface area contributed by atoms with Crippen LogP contribution in [-0.2, 0) is 5.41 Å². The first-order chi connectivity index (χ1) is 24.2. The molecule has 0 aliphatic heterocycles. The second-order valence-electron chi connectivity index (χ2n) is 15.9. The molecule has 0 aliphatic carbocycles. The molecule has 0 bridgehead atoms. The van der Waals surface area contributed by atoms with Crippen LogP contribution in [0.1, 0.15) is 99.5 Å². The molecule has 5 heteroatoms. The first-order valence-corrected chi connectivity index (χ1v) is 18.2. The van der Waals surface area contributed by atoms with Crippen molar-refractivity contribution in [3.05, 3.63) is 130 Å². The predicted molar refractivity (Wildman–Crippen MR) is 213 cm³/mol. The summed E-state index contributed by atoms with van der Waals surface area (Å²) in [6.45, 7) is 24.5. The Balaban J connectivity index is 1.38. The number of benzene rings is 4. The maximum Gasteiger partial charge on any atom is 0.137 e. The molecule has 0 spiro atoms. The minimum Gasteiger partial charge on any atom is -0.457 e. The average Bonchev–Trinajstić information content (AvgIpc) is 3.58. The second kappa shape index (κ2) is 12.9. The Morgan fingerprint density at radius 1 is 0.667 bits per heavy atom. The van der Waals surface area contributed by atoms with Crippen molar-refractivity contribution < 1.29 is 4.74 Å². The van der Waals surface area contributed by atoms with Gasteiger partial charge in [-0.15, -0.1) is 0 Å². The maximum atomic E-state index is 6.83. The van der Waals surface area contributed by atoms with Crippen molar-refractivity contribution in [1.82, 2.24) is 19.3 Å². The Kier molecular flexibility index (Phi) is 8.65. The van der Waals surface area contributed by atoms with E-state index in [1.807, 2.05) is 6.20 Å². The van der Waals surface area contributed by atoms with Crippen molar-refractivity contribution >= 4 is 21.8 Å². The van der Waals surface area contributed by atoms with E-state index in [9.17, 15) is 0 Å². The van der Waals surface area contributed by atoms with Gasteiger partial charge >= 0.3 is 0 Å². The molecule has 7 rings (SSSR count). The highest BCUT2D eigenvalue weighted by atomic mass is 16.5. The Hall–Kier alpha value is -5.16. The van der Waals surface area contributed by atoms with E-state index in [-0.39, 0.29) is 11.3 Å². The SMILES string of the molecule is Cc1cc(C)c(-c2c(C)nn(-c3cc(Oc4ccc5c6ccccc6n(-c6cc(C(C)C)ccn6)c5c4)cc(C(C)(C)C)c3)c2C(C)C)c(C)c1. The number of hydrogen-bond acceptors (Lipinski definition) is 3. The molecule has 3 aromatic heterocycles. The lowest BCUT2D eigenvalue weighted by Gasteiger charge is -2.22. The van der Waals surface area contributed by atoms with Gasteiger partial charge in [0.25, 0.3) is 0 Å². The number of aryl methyl sites for hydroxylation is 4. The van der Waals surface area contributed by atoms with Gasteiger partial charge in [-0.25, -0.2) is 9.67 Å². The van der Waals surface area contributed by atoms with Crippen LogP contribution in [0, 0.1) is 27.7 Å². The van der Waals surface area contributed by atoms with E-state index < -0.39 is 0 Å². The number of rotatable bonds is 7. The molecular formula is C46H50N4O. The van der Waals surface area contributed by atoms with Crippen LogP contribution >= 0.6 is 0 Å². The predicted octanol–water partition coefficient (Wildman–Crippen LogP) is 12.6. The first kappa shape index (κ1) is 34.3. The summed E-state index contributed by atoms with van der Waals surface area (Å²) in [7, 11) is 0. The summed E-state index contributed by atoms with van der Waals surface area (Å²) in [6, 6.07) is 30.4. The summed E-state index contributed by atoms with van der Waals surface area (Å²) in [5, 5.41) is 7.60. The summed E-state index contributed by atoms with van der Waals surface area (Å²) in [6.07, 6.45) is 1.92. The fourth-order valence-corrected chi connectivity index (χ4v) is 7.67. The minimum absolute atomic E-state index is 0.106. The monoisotopic (exact) mass is 674 g/mol. The van der Waals surface area contributed by atoms with Gasteiger partial charge in [0.2, 0.25) is 0 Å². The highest BCUT2D eigenvalue weighted by Crippen LogP contribution is 2.41. The molecule has 4 aromatic carbocycles. The number of nitrogens with zero attached hydrogens (tertiary/aromatic N) is 4. The van der Waals surface area contributed by atoms with Gasteiger partial charge in [-0.3, -0.25) is 4.57 Å². The lowest BCUT2D eigenvalue weighted by atomic mass is 9.86. The van der Waals surface area contributed by atoms with Crippen LogP contribution in [-0.4, -0.2) is 19.3 Å². The number of hydrogen-bond donors (Lipinski definition) is 0. The zero-order valence-electron chi connectivity index (χ0n) is 32.0. The third kappa shape index (κ3) is 6.24. The average molecular weight is 675 g/mol. The van der Waals surface area contributed by atoms with E-state index in [1.54, 1.807) is 0 Å². The molecule has 0 N–H and O–H groups in total. The highest BCUT2D eigenvalue weighted by molar-refractivity contribution is 6.09. The van der Waals surface area contributed by atoms with E-state index >= 15 is 0 Å². The number of pyridine rings is 1. The molecule has 0 saturated carbocycles. The molecule has 0 unspecified atom stereocenters. The van der Waals surface area contributed by atoms with Crippen LogP contribution in [0.5, 0.6) is 11.5 Å². The largest absolute Gasteiger partial charge is 0.457 e. The first-order valence-electron chi connectivity index (χ1n) is 18.2. The minimum atomic E-state index is -0.106. The second-order valence-corrected chi connectivity index (χ2v) is 15.9.